The van der Waals surface area contributed by atoms with Gasteiger partial charge in [0.2, 0.25) is 0 Å². The van der Waals surface area contributed by atoms with Crippen LogP contribution in [0.2, 0.25) is 0 Å². The van der Waals surface area contributed by atoms with Crippen LogP contribution in [0.3, 0.4) is 0 Å². The van der Waals surface area contributed by atoms with E-state index in [0.717, 1.165) is 25.3 Å². The van der Waals surface area contributed by atoms with E-state index in [1.807, 2.05) is 0 Å². The predicted molar refractivity (Wildman–Crippen MR) is 97.3 cm³/mol. The minimum Gasteiger partial charge on any atom is -0.406 e. The Bertz CT molecular complexity index is 567. The quantitative estimate of drug-likeness (QED) is 0.434. The lowest BCUT2D eigenvalue weighted by atomic mass is 9.99. The molecule has 0 aromatic heterocycles. The predicted octanol–water partition coefficient (Wildman–Crippen LogP) is 3.82. The number of aliphatic imine (C=N–C) groups is 1. The molecule has 0 amide bonds. The van der Waals surface area contributed by atoms with Crippen LogP contribution in [0.4, 0.5) is 18.9 Å². The number of benzene rings is 1. The molecule has 1 aromatic rings. The molecule has 3 N–H and O–H groups in total. The van der Waals surface area contributed by atoms with Crippen LogP contribution in [0.5, 0.6) is 5.75 Å². The maximum absolute atomic E-state index is 12.1. The van der Waals surface area contributed by atoms with E-state index in [9.17, 15) is 13.2 Å². The molecule has 1 fully saturated rings. The molecule has 0 unspecified atom stereocenters. The number of rotatable bonds is 7. The highest BCUT2D eigenvalue weighted by atomic mass is 19.4. The molecular formula is C18H27F3N4O. The van der Waals surface area contributed by atoms with Crippen LogP contribution in [-0.4, -0.2) is 43.4 Å². The number of hydrogen-bond donors (Lipinski definition) is 2. The number of hydrogen-bond acceptors (Lipinski definition) is 3. The van der Waals surface area contributed by atoms with Crippen molar-refractivity contribution in [2.75, 3.05) is 31.5 Å². The molecule has 2 rings (SSSR count). The van der Waals surface area contributed by atoms with Crippen LogP contribution in [0, 0.1) is 5.92 Å². The Morgan fingerprint density at radius 3 is 2.50 bits per heavy atom. The topological polar surface area (TPSA) is 62.9 Å². The Labute approximate surface area is 152 Å². The first-order valence-corrected chi connectivity index (χ1v) is 8.97. The van der Waals surface area contributed by atoms with Gasteiger partial charge in [0.05, 0.1) is 0 Å². The molecule has 1 aliphatic heterocycles. The van der Waals surface area contributed by atoms with Crippen molar-refractivity contribution >= 4 is 11.6 Å². The summed E-state index contributed by atoms with van der Waals surface area (Å²) in [5.74, 6) is 0.822. The molecule has 1 saturated heterocycles. The van der Waals surface area contributed by atoms with Crippen LogP contribution in [0.15, 0.2) is 29.3 Å². The Morgan fingerprint density at radius 1 is 1.23 bits per heavy atom. The molecule has 1 heterocycles. The van der Waals surface area contributed by atoms with Gasteiger partial charge in [0.1, 0.15) is 5.75 Å². The standard InChI is InChI=1S/C18H27F3N4O/c1-14-8-12-25(13-9-14)11-3-2-10-23-17(22)24-15-4-6-16(7-5-15)26-18(19,20)21/h4-7,14H,2-3,8-13H2,1H3,(H3,22,23,24). The van der Waals surface area contributed by atoms with Crippen LogP contribution in [0.25, 0.3) is 0 Å². The Hall–Kier alpha value is -1.96. The number of nitrogens with zero attached hydrogens (tertiary/aromatic N) is 2. The summed E-state index contributed by atoms with van der Waals surface area (Å²) in [6.45, 7) is 6.39. The molecule has 5 nitrogen and oxygen atoms in total. The maximum atomic E-state index is 12.1. The number of nitrogens with one attached hydrogen (secondary N) is 1. The Morgan fingerprint density at radius 2 is 1.88 bits per heavy atom. The van der Waals surface area contributed by atoms with E-state index >= 15 is 0 Å². The van der Waals surface area contributed by atoms with Gasteiger partial charge in [0.25, 0.3) is 0 Å². The average Bonchev–Trinajstić information content (AvgIpc) is 2.57. The van der Waals surface area contributed by atoms with Gasteiger partial charge in [0, 0.05) is 12.2 Å². The summed E-state index contributed by atoms with van der Waals surface area (Å²) in [5.41, 5.74) is 6.36. The van der Waals surface area contributed by atoms with Gasteiger partial charge in [-0.1, -0.05) is 6.92 Å². The summed E-state index contributed by atoms with van der Waals surface area (Å²) in [6, 6.07) is 5.37. The lowest BCUT2D eigenvalue weighted by Crippen LogP contribution is -2.33. The average molecular weight is 372 g/mol. The second kappa shape index (κ2) is 9.66. The van der Waals surface area contributed by atoms with Crippen LogP contribution >= 0.6 is 0 Å². The van der Waals surface area contributed by atoms with E-state index in [4.69, 9.17) is 5.73 Å². The van der Waals surface area contributed by atoms with E-state index < -0.39 is 6.36 Å². The second-order valence-corrected chi connectivity index (χ2v) is 6.70. The fraction of sp³-hybridized carbons (Fsp3) is 0.611. The van der Waals surface area contributed by atoms with Gasteiger partial charge in [-0.15, -0.1) is 13.2 Å². The molecule has 1 aromatic carbocycles. The van der Waals surface area contributed by atoms with Crippen molar-refractivity contribution in [1.29, 1.82) is 0 Å². The second-order valence-electron chi connectivity index (χ2n) is 6.70. The van der Waals surface area contributed by atoms with E-state index in [2.05, 4.69) is 26.9 Å². The van der Waals surface area contributed by atoms with Gasteiger partial charge < -0.3 is 20.7 Å². The minimum atomic E-state index is -4.69. The van der Waals surface area contributed by atoms with Crippen molar-refractivity contribution in [3.05, 3.63) is 24.3 Å². The number of likely N-dealkylation sites (tertiary alicyclic amines) is 1. The molecule has 146 valence electrons. The number of unbranched alkanes of at least 4 members (excludes halogenated alkanes) is 1. The first-order chi connectivity index (χ1) is 12.3. The van der Waals surface area contributed by atoms with E-state index in [-0.39, 0.29) is 11.7 Å². The molecule has 0 atom stereocenters. The number of guanidine groups is 1. The molecule has 0 radical (unpaired) electrons. The van der Waals surface area contributed by atoms with E-state index in [1.54, 1.807) is 0 Å². The highest BCUT2D eigenvalue weighted by Gasteiger charge is 2.30. The smallest absolute Gasteiger partial charge is 0.406 e. The molecule has 8 heteroatoms. The van der Waals surface area contributed by atoms with Crippen LogP contribution in [0.1, 0.15) is 32.6 Å². The van der Waals surface area contributed by atoms with Crippen molar-refractivity contribution < 1.29 is 17.9 Å². The van der Waals surface area contributed by atoms with Gasteiger partial charge in [-0.25, -0.2) is 0 Å². The maximum Gasteiger partial charge on any atom is 0.573 e. The summed E-state index contributed by atoms with van der Waals surface area (Å²) >= 11 is 0. The number of piperidine rings is 1. The van der Waals surface area contributed by atoms with Crippen LogP contribution < -0.4 is 15.8 Å². The Kier molecular flexibility index (Phi) is 7.56. The molecule has 0 saturated carbocycles. The zero-order valence-corrected chi connectivity index (χ0v) is 15.1. The van der Waals surface area contributed by atoms with Gasteiger partial charge in [-0.3, -0.25) is 4.99 Å². The highest BCUT2D eigenvalue weighted by Crippen LogP contribution is 2.23. The van der Waals surface area contributed by atoms with Gasteiger partial charge in [-0.2, -0.15) is 0 Å². The highest BCUT2D eigenvalue weighted by molar-refractivity contribution is 5.92. The third-order valence-electron chi connectivity index (χ3n) is 4.40. The molecule has 1 aliphatic rings. The largest absolute Gasteiger partial charge is 0.573 e. The summed E-state index contributed by atoms with van der Waals surface area (Å²) in [5, 5.41) is 2.86. The SMILES string of the molecule is CC1CCN(CCCCN=C(N)Nc2ccc(OC(F)(F)F)cc2)CC1. The normalized spacial score (nSPS) is 17.3. The lowest BCUT2D eigenvalue weighted by molar-refractivity contribution is -0.274. The van der Waals surface area contributed by atoms with Gasteiger partial charge in [-0.05, 0) is 75.5 Å². The van der Waals surface area contributed by atoms with E-state index in [0.29, 0.717) is 12.2 Å². The molecule has 0 spiro atoms. The molecular weight excluding hydrogens is 345 g/mol. The summed E-state index contributed by atoms with van der Waals surface area (Å²) in [7, 11) is 0. The fourth-order valence-electron chi connectivity index (χ4n) is 2.86. The van der Waals surface area contributed by atoms with Gasteiger partial charge in [0.15, 0.2) is 5.96 Å². The molecule has 0 bridgehead atoms. The van der Waals surface area contributed by atoms with Crippen molar-refractivity contribution in [2.45, 2.75) is 39.0 Å². The summed E-state index contributed by atoms with van der Waals surface area (Å²) in [6.07, 6.45) is -0.104. The number of anilines is 1. The summed E-state index contributed by atoms with van der Waals surface area (Å²) in [4.78, 5) is 6.75. The number of ether oxygens (including phenoxy) is 1. The third kappa shape index (κ3) is 7.95. The third-order valence-corrected chi connectivity index (χ3v) is 4.40. The summed E-state index contributed by atoms with van der Waals surface area (Å²) < 4.78 is 40.1. The monoisotopic (exact) mass is 372 g/mol. The molecule has 26 heavy (non-hydrogen) atoms. The van der Waals surface area contributed by atoms with Crippen molar-refractivity contribution in [1.82, 2.24) is 4.90 Å². The van der Waals surface area contributed by atoms with Crippen molar-refractivity contribution in [2.24, 2.45) is 16.6 Å². The minimum absolute atomic E-state index is 0.251. The first-order valence-electron chi connectivity index (χ1n) is 8.97. The fourth-order valence-corrected chi connectivity index (χ4v) is 2.86. The number of halogens is 3. The molecule has 0 aliphatic carbocycles. The first kappa shape index (κ1) is 20.4. The number of nitrogens with two attached hydrogens (primary N) is 1. The van der Waals surface area contributed by atoms with Crippen molar-refractivity contribution in [3.8, 4) is 5.75 Å². The van der Waals surface area contributed by atoms with Crippen LogP contribution in [-0.2, 0) is 0 Å². The zero-order chi connectivity index (χ0) is 19.0. The number of alkyl halides is 3. The van der Waals surface area contributed by atoms with Gasteiger partial charge >= 0.3 is 6.36 Å². The van der Waals surface area contributed by atoms with Crippen molar-refractivity contribution in [3.63, 3.8) is 0 Å². The lowest BCUT2D eigenvalue weighted by Gasteiger charge is -2.30. The zero-order valence-electron chi connectivity index (χ0n) is 15.1. The van der Waals surface area contributed by atoms with E-state index in [1.165, 1.54) is 50.2 Å². The Balaban J connectivity index is 1.64.